The molecule has 8 nitrogen and oxygen atoms in total. The zero-order chi connectivity index (χ0) is 19.1. The first-order chi connectivity index (χ1) is 13.1. The van der Waals surface area contributed by atoms with Crippen LogP contribution in [0.15, 0.2) is 41.2 Å². The highest BCUT2D eigenvalue weighted by Gasteiger charge is 2.21. The minimum Gasteiger partial charge on any atom is -0.491 e. The maximum atomic E-state index is 12.4. The van der Waals surface area contributed by atoms with Crippen LogP contribution >= 0.6 is 0 Å². The Morgan fingerprint density at radius 2 is 2.15 bits per heavy atom. The molecule has 3 rings (SSSR count). The molecule has 2 heterocycles. The lowest BCUT2D eigenvalue weighted by molar-refractivity contribution is -0.115. The number of rotatable bonds is 7. The van der Waals surface area contributed by atoms with E-state index in [4.69, 9.17) is 14.6 Å². The molecule has 0 unspecified atom stereocenters. The molecule has 1 amide bonds. The predicted octanol–water partition coefficient (Wildman–Crippen LogP) is 0.974. The number of allylic oxidation sites excluding steroid dienone is 1. The number of ether oxygens (including phenoxy) is 2. The number of benzene rings is 1. The normalized spacial score (nSPS) is 17.2. The third-order valence-electron chi connectivity index (χ3n) is 4.12. The molecular formula is C19H23N3O5. The van der Waals surface area contributed by atoms with Crippen molar-refractivity contribution in [2.24, 2.45) is 4.99 Å². The summed E-state index contributed by atoms with van der Waals surface area (Å²) in [5, 5.41) is 11.6. The number of anilines is 1. The van der Waals surface area contributed by atoms with Gasteiger partial charge in [0.25, 0.3) is 0 Å². The van der Waals surface area contributed by atoms with E-state index in [1.165, 1.54) is 6.08 Å². The van der Waals surface area contributed by atoms with Gasteiger partial charge in [-0.2, -0.15) is 0 Å². The lowest BCUT2D eigenvalue weighted by Crippen LogP contribution is -2.36. The smallest absolute Gasteiger partial charge is 0.230 e. The molecule has 27 heavy (non-hydrogen) atoms. The number of aliphatic hydroxyl groups is 1. The summed E-state index contributed by atoms with van der Waals surface area (Å²) in [4.78, 5) is 30.9. The number of morpholine rings is 1. The van der Waals surface area contributed by atoms with Crippen molar-refractivity contribution in [3.63, 3.8) is 0 Å². The topological polar surface area (TPSA) is 100 Å². The van der Waals surface area contributed by atoms with Gasteiger partial charge in [-0.3, -0.25) is 9.59 Å². The Balaban J connectivity index is 1.60. The second kappa shape index (κ2) is 9.29. The Bertz CT molecular complexity index is 753. The first-order valence-corrected chi connectivity index (χ1v) is 8.91. The standard InChI is InChI=1S/C19H23N3O5/c23-6-9-27-17-3-1-2-14(11-17)21-19(25)12-15-10-16(24)13-18(20-15)22-4-7-26-8-5-22/h1-3,11,13,23H,4-10,12H2,(H,21,25). The van der Waals surface area contributed by atoms with E-state index in [2.05, 4.69) is 10.3 Å². The largest absolute Gasteiger partial charge is 0.491 e. The van der Waals surface area contributed by atoms with E-state index < -0.39 is 0 Å². The zero-order valence-electron chi connectivity index (χ0n) is 15.0. The van der Waals surface area contributed by atoms with Crippen LogP contribution in [0.3, 0.4) is 0 Å². The van der Waals surface area contributed by atoms with Crippen molar-refractivity contribution in [3.05, 3.63) is 36.2 Å². The van der Waals surface area contributed by atoms with Gasteiger partial charge in [0, 0.05) is 43.1 Å². The minimum atomic E-state index is -0.246. The summed E-state index contributed by atoms with van der Waals surface area (Å²) >= 11 is 0. The minimum absolute atomic E-state index is 0.0475. The van der Waals surface area contributed by atoms with Crippen LogP contribution in [0.2, 0.25) is 0 Å². The quantitative estimate of drug-likeness (QED) is 0.739. The van der Waals surface area contributed by atoms with Crippen molar-refractivity contribution in [1.29, 1.82) is 0 Å². The number of carbonyl (C=O) groups excluding carboxylic acids is 2. The molecule has 0 bridgehead atoms. The van der Waals surface area contributed by atoms with Crippen LogP contribution in [0.25, 0.3) is 0 Å². The van der Waals surface area contributed by atoms with E-state index in [1.807, 2.05) is 4.90 Å². The summed E-state index contributed by atoms with van der Waals surface area (Å²) < 4.78 is 10.6. The van der Waals surface area contributed by atoms with Crippen molar-refractivity contribution in [2.75, 3.05) is 44.8 Å². The highest BCUT2D eigenvalue weighted by atomic mass is 16.5. The summed E-state index contributed by atoms with van der Waals surface area (Å²) in [6, 6.07) is 6.93. The lowest BCUT2D eigenvalue weighted by Gasteiger charge is -2.30. The number of amides is 1. The van der Waals surface area contributed by atoms with Crippen molar-refractivity contribution < 1.29 is 24.2 Å². The Morgan fingerprint density at radius 3 is 2.93 bits per heavy atom. The molecule has 0 aliphatic carbocycles. The molecule has 0 aromatic heterocycles. The van der Waals surface area contributed by atoms with Crippen LogP contribution in [0, 0.1) is 0 Å². The van der Waals surface area contributed by atoms with Gasteiger partial charge in [-0.05, 0) is 12.1 Å². The van der Waals surface area contributed by atoms with Gasteiger partial charge in [0.2, 0.25) is 5.91 Å². The predicted molar refractivity (Wildman–Crippen MR) is 99.8 cm³/mol. The molecule has 2 aliphatic rings. The van der Waals surface area contributed by atoms with E-state index >= 15 is 0 Å². The van der Waals surface area contributed by atoms with Crippen molar-refractivity contribution in [2.45, 2.75) is 12.8 Å². The molecule has 8 heteroatoms. The third kappa shape index (κ3) is 5.63. The van der Waals surface area contributed by atoms with E-state index in [1.54, 1.807) is 24.3 Å². The molecule has 0 saturated carbocycles. The van der Waals surface area contributed by atoms with Crippen LogP contribution in [0.4, 0.5) is 5.69 Å². The van der Waals surface area contributed by atoms with E-state index in [0.29, 0.717) is 49.3 Å². The molecule has 2 N–H and O–H groups in total. The summed E-state index contributed by atoms with van der Waals surface area (Å²) in [5.74, 6) is 0.874. The lowest BCUT2D eigenvalue weighted by atomic mass is 10.1. The van der Waals surface area contributed by atoms with Crippen LogP contribution in [-0.4, -0.2) is 66.9 Å². The van der Waals surface area contributed by atoms with E-state index in [9.17, 15) is 9.59 Å². The fourth-order valence-corrected chi connectivity index (χ4v) is 2.90. The average Bonchev–Trinajstić information content (AvgIpc) is 2.67. The molecule has 1 aromatic rings. The Labute approximate surface area is 157 Å². The first kappa shape index (κ1) is 19.1. The van der Waals surface area contributed by atoms with Gasteiger partial charge in [-0.25, -0.2) is 4.99 Å². The number of nitrogens with zero attached hydrogens (tertiary/aromatic N) is 2. The summed E-state index contributed by atoms with van der Waals surface area (Å²) in [6.07, 6.45) is 1.74. The molecule has 144 valence electrons. The zero-order valence-corrected chi connectivity index (χ0v) is 15.0. The molecule has 2 aliphatic heterocycles. The fourth-order valence-electron chi connectivity index (χ4n) is 2.90. The number of aliphatic imine (C=N–C) groups is 1. The number of nitrogens with one attached hydrogen (secondary N) is 1. The maximum absolute atomic E-state index is 12.4. The summed E-state index contributed by atoms with van der Waals surface area (Å²) in [7, 11) is 0. The Hall–Kier alpha value is -2.71. The Kier molecular flexibility index (Phi) is 6.56. The molecule has 0 spiro atoms. The van der Waals surface area contributed by atoms with Crippen molar-refractivity contribution >= 4 is 23.1 Å². The number of carbonyl (C=O) groups is 2. The fraction of sp³-hybridized carbons (Fsp3) is 0.421. The van der Waals surface area contributed by atoms with Gasteiger partial charge in [-0.1, -0.05) is 6.07 Å². The average molecular weight is 373 g/mol. The summed E-state index contributed by atoms with van der Waals surface area (Å²) in [6.45, 7) is 2.68. The number of aliphatic hydroxyl groups excluding tert-OH is 1. The van der Waals surface area contributed by atoms with Crippen LogP contribution in [-0.2, 0) is 14.3 Å². The first-order valence-electron chi connectivity index (χ1n) is 8.91. The van der Waals surface area contributed by atoms with Gasteiger partial charge in [0.1, 0.15) is 18.2 Å². The van der Waals surface area contributed by atoms with E-state index in [0.717, 1.165) is 0 Å². The van der Waals surface area contributed by atoms with Crippen LogP contribution < -0.4 is 10.1 Å². The molecule has 0 radical (unpaired) electrons. The Morgan fingerprint density at radius 1 is 1.33 bits per heavy atom. The molecule has 0 atom stereocenters. The number of ketones is 1. The SMILES string of the molecule is O=C1C=C(N2CCOCC2)N=C(CC(=O)Nc2cccc(OCCO)c2)C1. The highest BCUT2D eigenvalue weighted by molar-refractivity contribution is 6.16. The van der Waals surface area contributed by atoms with Gasteiger partial charge in [0.15, 0.2) is 5.78 Å². The van der Waals surface area contributed by atoms with Crippen LogP contribution in [0.1, 0.15) is 12.8 Å². The van der Waals surface area contributed by atoms with Crippen molar-refractivity contribution in [1.82, 2.24) is 4.90 Å². The monoisotopic (exact) mass is 373 g/mol. The van der Waals surface area contributed by atoms with E-state index in [-0.39, 0.29) is 37.7 Å². The second-order valence-corrected chi connectivity index (χ2v) is 6.25. The highest BCUT2D eigenvalue weighted by Crippen LogP contribution is 2.19. The van der Waals surface area contributed by atoms with Gasteiger partial charge >= 0.3 is 0 Å². The van der Waals surface area contributed by atoms with Crippen LogP contribution in [0.5, 0.6) is 5.75 Å². The third-order valence-corrected chi connectivity index (χ3v) is 4.12. The van der Waals surface area contributed by atoms with Gasteiger partial charge in [-0.15, -0.1) is 0 Å². The maximum Gasteiger partial charge on any atom is 0.230 e. The second-order valence-electron chi connectivity index (χ2n) is 6.25. The molecule has 1 fully saturated rings. The molecule has 1 saturated heterocycles. The molecule has 1 aromatic carbocycles. The summed E-state index contributed by atoms with van der Waals surface area (Å²) in [5.41, 5.74) is 1.14. The number of hydrogen-bond acceptors (Lipinski definition) is 7. The van der Waals surface area contributed by atoms with Gasteiger partial charge < -0.3 is 24.8 Å². The number of hydrogen-bond donors (Lipinski definition) is 2. The van der Waals surface area contributed by atoms with Gasteiger partial charge in [0.05, 0.1) is 26.2 Å². The molecular weight excluding hydrogens is 350 g/mol. The van der Waals surface area contributed by atoms with Crippen molar-refractivity contribution in [3.8, 4) is 5.75 Å².